The van der Waals surface area contributed by atoms with Gasteiger partial charge in [-0.15, -0.1) is 0 Å². The van der Waals surface area contributed by atoms with E-state index in [0.717, 1.165) is 55.3 Å². The van der Waals surface area contributed by atoms with Gasteiger partial charge in [-0.05, 0) is 36.8 Å². The standard InChI is InChI=1S/C23H32N2O4/c1-3-16-9-8-10-17(4-2)22(16)24-20(26)15-29-23(28)18-13-21(27)25(14-18)19-11-6-5-7-12-19/h8-10,18-19H,3-7,11-15H2,1-2H3,(H,24,26)/t18-/m1/s1. The summed E-state index contributed by atoms with van der Waals surface area (Å²) in [6, 6.07) is 6.23. The lowest BCUT2D eigenvalue weighted by atomic mass is 9.94. The van der Waals surface area contributed by atoms with Crippen LogP contribution in [0.2, 0.25) is 0 Å². The lowest BCUT2D eigenvalue weighted by Gasteiger charge is -2.31. The van der Waals surface area contributed by atoms with Crippen LogP contribution < -0.4 is 5.32 Å². The summed E-state index contributed by atoms with van der Waals surface area (Å²) >= 11 is 0. The number of ether oxygens (including phenoxy) is 1. The van der Waals surface area contributed by atoms with Crippen LogP contribution in [0.1, 0.15) is 63.5 Å². The normalized spacial score (nSPS) is 20.0. The molecule has 2 amide bonds. The van der Waals surface area contributed by atoms with Gasteiger partial charge in [0.15, 0.2) is 6.61 Å². The Hall–Kier alpha value is -2.37. The maximum Gasteiger partial charge on any atom is 0.311 e. The van der Waals surface area contributed by atoms with E-state index in [1.54, 1.807) is 0 Å². The van der Waals surface area contributed by atoms with Gasteiger partial charge in [-0.1, -0.05) is 51.3 Å². The van der Waals surface area contributed by atoms with Crippen LogP contribution in [0.5, 0.6) is 0 Å². The van der Waals surface area contributed by atoms with Crippen molar-refractivity contribution in [1.82, 2.24) is 4.90 Å². The molecular weight excluding hydrogens is 368 g/mol. The monoisotopic (exact) mass is 400 g/mol. The molecular formula is C23H32N2O4. The van der Waals surface area contributed by atoms with E-state index in [1.165, 1.54) is 6.42 Å². The maximum absolute atomic E-state index is 12.4. The first-order valence-corrected chi connectivity index (χ1v) is 10.9. The van der Waals surface area contributed by atoms with Gasteiger partial charge in [-0.25, -0.2) is 0 Å². The molecule has 2 aliphatic rings. The van der Waals surface area contributed by atoms with Crippen molar-refractivity contribution in [3.63, 3.8) is 0 Å². The summed E-state index contributed by atoms with van der Waals surface area (Å²) in [6.07, 6.45) is 7.36. The molecule has 2 fully saturated rings. The Morgan fingerprint density at radius 3 is 2.38 bits per heavy atom. The predicted molar refractivity (Wildman–Crippen MR) is 111 cm³/mol. The molecule has 0 unspecified atom stereocenters. The Balaban J connectivity index is 1.52. The molecule has 1 aliphatic carbocycles. The number of benzene rings is 1. The highest BCUT2D eigenvalue weighted by atomic mass is 16.5. The Labute approximate surface area is 173 Å². The number of nitrogens with one attached hydrogen (secondary N) is 1. The number of nitrogens with zero attached hydrogens (tertiary/aromatic N) is 1. The number of carbonyl (C=O) groups is 3. The Kier molecular flexibility index (Phi) is 7.29. The third-order valence-electron chi connectivity index (χ3n) is 6.12. The molecule has 0 spiro atoms. The number of amides is 2. The van der Waals surface area contributed by atoms with E-state index in [-0.39, 0.29) is 30.9 Å². The van der Waals surface area contributed by atoms with Gasteiger partial charge in [0.25, 0.3) is 5.91 Å². The van der Waals surface area contributed by atoms with E-state index < -0.39 is 11.9 Å². The third kappa shape index (κ3) is 5.17. The molecule has 1 atom stereocenters. The summed E-state index contributed by atoms with van der Waals surface area (Å²) in [5.41, 5.74) is 2.94. The van der Waals surface area contributed by atoms with Crippen LogP contribution >= 0.6 is 0 Å². The fraction of sp³-hybridized carbons (Fsp3) is 0.609. The van der Waals surface area contributed by atoms with Gasteiger partial charge in [0.1, 0.15) is 0 Å². The lowest BCUT2D eigenvalue weighted by molar-refractivity contribution is -0.151. The van der Waals surface area contributed by atoms with Crippen molar-refractivity contribution in [2.75, 3.05) is 18.5 Å². The second-order valence-electron chi connectivity index (χ2n) is 8.05. The van der Waals surface area contributed by atoms with Crippen molar-refractivity contribution >= 4 is 23.5 Å². The second-order valence-corrected chi connectivity index (χ2v) is 8.05. The maximum atomic E-state index is 12.4. The second kappa shape index (κ2) is 9.90. The number of likely N-dealkylation sites (tertiary alicyclic amines) is 1. The molecule has 3 rings (SSSR count). The van der Waals surface area contributed by atoms with Gasteiger partial charge in [0.05, 0.1) is 5.92 Å². The Morgan fingerprint density at radius 2 is 1.76 bits per heavy atom. The van der Waals surface area contributed by atoms with Gasteiger partial charge in [0.2, 0.25) is 5.91 Å². The number of carbonyl (C=O) groups excluding carboxylic acids is 3. The highest BCUT2D eigenvalue weighted by molar-refractivity contribution is 5.95. The zero-order valence-electron chi connectivity index (χ0n) is 17.5. The molecule has 0 aromatic heterocycles. The SMILES string of the molecule is CCc1cccc(CC)c1NC(=O)COC(=O)[C@@H]1CC(=O)N(C2CCCCC2)C1. The molecule has 6 nitrogen and oxygen atoms in total. The van der Waals surface area contributed by atoms with Crippen molar-refractivity contribution in [2.45, 2.75) is 71.3 Å². The van der Waals surface area contributed by atoms with Crippen LogP contribution in [-0.4, -0.2) is 41.9 Å². The molecule has 0 bridgehead atoms. The average Bonchev–Trinajstić information content (AvgIpc) is 3.14. The van der Waals surface area contributed by atoms with E-state index in [2.05, 4.69) is 5.32 Å². The number of hydrogen-bond donors (Lipinski definition) is 1. The minimum absolute atomic E-state index is 0.0350. The molecule has 1 aliphatic heterocycles. The zero-order chi connectivity index (χ0) is 20.8. The quantitative estimate of drug-likeness (QED) is 0.711. The smallest absolute Gasteiger partial charge is 0.311 e. The van der Waals surface area contributed by atoms with Gasteiger partial charge < -0.3 is 15.0 Å². The van der Waals surface area contributed by atoms with E-state index in [9.17, 15) is 14.4 Å². The summed E-state index contributed by atoms with van der Waals surface area (Å²) in [5.74, 6) is -1.23. The molecule has 1 heterocycles. The summed E-state index contributed by atoms with van der Waals surface area (Å²) < 4.78 is 5.26. The summed E-state index contributed by atoms with van der Waals surface area (Å²) in [6.45, 7) is 4.18. The minimum Gasteiger partial charge on any atom is -0.455 e. The third-order valence-corrected chi connectivity index (χ3v) is 6.12. The number of esters is 1. The number of anilines is 1. The van der Waals surface area contributed by atoms with Crippen molar-refractivity contribution in [2.24, 2.45) is 5.92 Å². The van der Waals surface area contributed by atoms with Crippen molar-refractivity contribution in [3.8, 4) is 0 Å². The number of aryl methyl sites for hydroxylation is 2. The first-order chi connectivity index (χ1) is 14.0. The van der Waals surface area contributed by atoms with Gasteiger partial charge in [-0.2, -0.15) is 0 Å². The first kappa shape index (κ1) is 21.3. The Morgan fingerprint density at radius 1 is 1.10 bits per heavy atom. The first-order valence-electron chi connectivity index (χ1n) is 10.9. The van der Waals surface area contributed by atoms with Crippen LogP contribution in [0.15, 0.2) is 18.2 Å². The fourth-order valence-electron chi connectivity index (χ4n) is 4.47. The van der Waals surface area contributed by atoms with Gasteiger partial charge in [0, 0.05) is 24.7 Å². The molecule has 6 heteroatoms. The van der Waals surface area contributed by atoms with E-state index in [1.807, 2.05) is 36.9 Å². The minimum atomic E-state index is -0.466. The number of hydrogen-bond acceptors (Lipinski definition) is 4. The summed E-state index contributed by atoms with van der Waals surface area (Å²) in [5, 5.41) is 2.90. The van der Waals surface area contributed by atoms with Crippen molar-refractivity contribution in [3.05, 3.63) is 29.3 Å². The van der Waals surface area contributed by atoms with Crippen molar-refractivity contribution in [1.29, 1.82) is 0 Å². The number of para-hydroxylation sites is 1. The molecule has 1 saturated carbocycles. The highest BCUT2D eigenvalue weighted by Crippen LogP contribution is 2.29. The zero-order valence-corrected chi connectivity index (χ0v) is 17.5. The molecule has 0 radical (unpaired) electrons. The molecule has 29 heavy (non-hydrogen) atoms. The average molecular weight is 401 g/mol. The Bertz CT molecular complexity index is 733. The summed E-state index contributed by atoms with van der Waals surface area (Å²) in [7, 11) is 0. The molecule has 1 aromatic carbocycles. The van der Waals surface area contributed by atoms with E-state index in [4.69, 9.17) is 4.74 Å². The van der Waals surface area contributed by atoms with E-state index in [0.29, 0.717) is 6.54 Å². The molecule has 158 valence electrons. The van der Waals surface area contributed by atoms with Crippen LogP contribution in [0, 0.1) is 5.92 Å². The van der Waals surface area contributed by atoms with E-state index >= 15 is 0 Å². The van der Waals surface area contributed by atoms with Crippen LogP contribution in [0.3, 0.4) is 0 Å². The van der Waals surface area contributed by atoms with Crippen molar-refractivity contribution < 1.29 is 19.1 Å². The lowest BCUT2D eigenvalue weighted by Crippen LogP contribution is -2.38. The van der Waals surface area contributed by atoms with Crippen LogP contribution in [-0.2, 0) is 32.0 Å². The van der Waals surface area contributed by atoms with Crippen LogP contribution in [0.25, 0.3) is 0 Å². The predicted octanol–water partition coefficient (Wildman–Crippen LogP) is 3.47. The van der Waals surface area contributed by atoms with Gasteiger partial charge >= 0.3 is 5.97 Å². The largest absolute Gasteiger partial charge is 0.455 e. The topological polar surface area (TPSA) is 75.7 Å². The molecule has 1 N–H and O–H groups in total. The van der Waals surface area contributed by atoms with Gasteiger partial charge in [-0.3, -0.25) is 14.4 Å². The highest BCUT2D eigenvalue weighted by Gasteiger charge is 2.39. The number of rotatable bonds is 7. The molecule has 1 saturated heterocycles. The molecule has 1 aromatic rings. The fourth-order valence-corrected chi connectivity index (χ4v) is 4.47. The van der Waals surface area contributed by atoms with Crippen LogP contribution in [0.4, 0.5) is 5.69 Å². The summed E-state index contributed by atoms with van der Waals surface area (Å²) in [4.78, 5) is 39.0.